The lowest BCUT2D eigenvalue weighted by Gasteiger charge is -2.28. The first-order chi connectivity index (χ1) is 9.06. The van der Waals surface area contributed by atoms with Crippen LogP contribution < -0.4 is 4.90 Å². The standard InChI is InChI=1S/C15H16BrNO2/c1-11-6-8-17(9-7-11)14-4-2-12(10-13(14)16)3-5-15(18)19/h2-6,10H,7-9H2,1H3,(H,18,19)/b5-3+. The second kappa shape index (κ2) is 6.06. The van der Waals surface area contributed by atoms with Crippen molar-refractivity contribution in [3.05, 3.63) is 46.0 Å². The van der Waals surface area contributed by atoms with E-state index >= 15 is 0 Å². The minimum atomic E-state index is -0.933. The molecule has 100 valence electrons. The molecule has 1 N–H and O–H groups in total. The van der Waals surface area contributed by atoms with Crippen LogP contribution in [-0.2, 0) is 4.79 Å². The molecule has 0 radical (unpaired) electrons. The molecule has 0 fully saturated rings. The fraction of sp³-hybridized carbons (Fsp3) is 0.267. The molecule has 1 heterocycles. The Hall–Kier alpha value is -1.55. The number of anilines is 1. The maximum absolute atomic E-state index is 10.5. The van der Waals surface area contributed by atoms with Gasteiger partial charge in [-0.05, 0) is 53.0 Å². The SMILES string of the molecule is CC1=CCN(c2ccc(/C=C/C(=O)O)cc2Br)CC1. The highest BCUT2D eigenvalue weighted by molar-refractivity contribution is 9.10. The number of carboxylic acids is 1. The second-order valence-corrected chi connectivity index (χ2v) is 5.48. The van der Waals surface area contributed by atoms with Gasteiger partial charge in [0.15, 0.2) is 0 Å². The molecular weight excluding hydrogens is 306 g/mol. The number of aliphatic carboxylic acids is 1. The highest BCUT2D eigenvalue weighted by Crippen LogP contribution is 2.29. The summed E-state index contributed by atoms with van der Waals surface area (Å²) in [5.74, 6) is -0.933. The third-order valence-corrected chi connectivity index (χ3v) is 3.80. The van der Waals surface area contributed by atoms with Crippen LogP contribution in [0.5, 0.6) is 0 Å². The molecule has 1 aliphatic heterocycles. The smallest absolute Gasteiger partial charge is 0.328 e. The van der Waals surface area contributed by atoms with E-state index in [2.05, 4.69) is 33.8 Å². The van der Waals surface area contributed by atoms with Crippen molar-refractivity contribution in [1.29, 1.82) is 0 Å². The molecule has 1 aromatic rings. The minimum Gasteiger partial charge on any atom is -0.478 e. The molecule has 0 unspecified atom stereocenters. The Morgan fingerprint density at radius 3 is 2.84 bits per heavy atom. The minimum absolute atomic E-state index is 0.877. The summed E-state index contributed by atoms with van der Waals surface area (Å²) in [6, 6.07) is 5.91. The summed E-state index contributed by atoms with van der Waals surface area (Å²) in [6.45, 7) is 4.10. The zero-order chi connectivity index (χ0) is 13.8. The van der Waals surface area contributed by atoms with E-state index in [1.54, 1.807) is 6.08 Å². The Kier molecular flexibility index (Phi) is 4.43. The molecule has 19 heavy (non-hydrogen) atoms. The molecular formula is C15H16BrNO2. The molecule has 1 aromatic carbocycles. The summed E-state index contributed by atoms with van der Waals surface area (Å²) in [6.07, 6.45) is 6.08. The molecule has 0 bridgehead atoms. The van der Waals surface area contributed by atoms with E-state index in [0.717, 1.165) is 41.3 Å². The molecule has 0 saturated carbocycles. The van der Waals surface area contributed by atoms with E-state index in [9.17, 15) is 4.79 Å². The average Bonchev–Trinajstić information content (AvgIpc) is 2.38. The van der Waals surface area contributed by atoms with Crippen LogP contribution in [0.1, 0.15) is 18.9 Å². The van der Waals surface area contributed by atoms with Crippen LogP contribution >= 0.6 is 15.9 Å². The van der Waals surface area contributed by atoms with Crippen molar-refractivity contribution in [1.82, 2.24) is 0 Å². The summed E-state index contributed by atoms with van der Waals surface area (Å²) < 4.78 is 0.994. The van der Waals surface area contributed by atoms with E-state index < -0.39 is 5.97 Å². The Morgan fingerprint density at radius 2 is 2.26 bits per heavy atom. The van der Waals surface area contributed by atoms with Gasteiger partial charge in [0, 0.05) is 23.6 Å². The summed E-state index contributed by atoms with van der Waals surface area (Å²) in [5.41, 5.74) is 3.46. The van der Waals surface area contributed by atoms with Crippen LogP contribution in [0.3, 0.4) is 0 Å². The molecule has 3 nitrogen and oxygen atoms in total. The number of carboxylic acid groups (broad SMARTS) is 1. The van der Waals surface area contributed by atoms with Gasteiger partial charge in [0.1, 0.15) is 0 Å². The number of rotatable bonds is 3. The van der Waals surface area contributed by atoms with E-state index in [1.165, 1.54) is 5.57 Å². The van der Waals surface area contributed by atoms with Crippen molar-refractivity contribution in [3.63, 3.8) is 0 Å². The number of hydrogen-bond donors (Lipinski definition) is 1. The van der Waals surface area contributed by atoms with Gasteiger partial charge >= 0.3 is 5.97 Å². The first-order valence-corrected chi connectivity index (χ1v) is 6.96. The van der Waals surface area contributed by atoms with Crippen LogP contribution in [0.15, 0.2) is 40.4 Å². The van der Waals surface area contributed by atoms with Gasteiger partial charge in [-0.25, -0.2) is 4.79 Å². The van der Waals surface area contributed by atoms with Crippen molar-refractivity contribution >= 4 is 33.7 Å². The van der Waals surface area contributed by atoms with Gasteiger partial charge in [-0.2, -0.15) is 0 Å². The zero-order valence-electron chi connectivity index (χ0n) is 10.8. The number of benzene rings is 1. The number of carbonyl (C=O) groups is 1. The lowest BCUT2D eigenvalue weighted by molar-refractivity contribution is -0.131. The molecule has 0 aliphatic carbocycles. The van der Waals surface area contributed by atoms with Crippen molar-refractivity contribution in [2.45, 2.75) is 13.3 Å². The molecule has 1 aliphatic rings. The first kappa shape index (κ1) is 13.9. The number of hydrogen-bond acceptors (Lipinski definition) is 2. The third-order valence-electron chi connectivity index (χ3n) is 3.17. The molecule has 0 aromatic heterocycles. The van der Waals surface area contributed by atoms with Crippen molar-refractivity contribution < 1.29 is 9.90 Å². The summed E-state index contributed by atoms with van der Waals surface area (Å²) in [7, 11) is 0. The molecule has 0 amide bonds. The van der Waals surface area contributed by atoms with Gasteiger partial charge in [0.2, 0.25) is 0 Å². The zero-order valence-corrected chi connectivity index (χ0v) is 12.4. The molecule has 0 atom stereocenters. The van der Waals surface area contributed by atoms with E-state index in [1.807, 2.05) is 18.2 Å². The molecule has 4 heteroatoms. The van der Waals surface area contributed by atoms with Crippen molar-refractivity contribution in [2.75, 3.05) is 18.0 Å². The van der Waals surface area contributed by atoms with Crippen LogP contribution in [0, 0.1) is 0 Å². The molecule has 2 rings (SSSR count). The Balaban J connectivity index is 2.18. The fourth-order valence-corrected chi connectivity index (χ4v) is 2.69. The first-order valence-electron chi connectivity index (χ1n) is 6.17. The van der Waals surface area contributed by atoms with Gasteiger partial charge in [-0.1, -0.05) is 17.7 Å². The summed E-state index contributed by atoms with van der Waals surface area (Å²) in [5, 5.41) is 8.61. The van der Waals surface area contributed by atoms with E-state index in [-0.39, 0.29) is 0 Å². The van der Waals surface area contributed by atoms with E-state index in [4.69, 9.17) is 5.11 Å². The normalized spacial score (nSPS) is 15.7. The quantitative estimate of drug-likeness (QED) is 0.681. The Labute approximate surface area is 121 Å². The highest BCUT2D eigenvalue weighted by atomic mass is 79.9. The maximum atomic E-state index is 10.5. The van der Waals surface area contributed by atoms with Crippen LogP contribution in [0.25, 0.3) is 6.08 Å². The Morgan fingerprint density at radius 1 is 1.47 bits per heavy atom. The monoisotopic (exact) mass is 321 g/mol. The fourth-order valence-electron chi connectivity index (χ4n) is 2.04. The van der Waals surface area contributed by atoms with Crippen LogP contribution in [0.2, 0.25) is 0 Å². The lowest BCUT2D eigenvalue weighted by atomic mass is 10.1. The average molecular weight is 322 g/mol. The highest BCUT2D eigenvalue weighted by Gasteiger charge is 2.12. The molecule has 0 saturated heterocycles. The lowest BCUT2D eigenvalue weighted by Crippen LogP contribution is -2.28. The summed E-state index contributed by atoms with van der Waals surface area (Å²) in [4.78, 5) is 12.8. The maximum Gasteiger partial charge on any atom is 0.328 e. The predicted molar refractivity (Wildman–Crippen MR) is 81.4 cm³/mol. The predicted octanol–water partition coefficient (Wildman–Crippen LogP) is 3.70. The summed E-state index contributed by atoms with van der Waals surface area (Å²) >= 11 is 3.56. The van der Waals surface area contributed by atoms with Gasteiger partial charge < -0.3 is 10.0 Å². The van der Waals surface area contributed by atoms with E-state index in [0.29, 0.717) is 0 Å². The Bertz CT molecular complexity index is 549. The topological polar surface area (TPSA) is 40.5 Å². The van der Waals surface area contributed by atoms with Crippen molar-refractivity contribution in [3.8, 4) is 0 Å². The number of halogens is 1. The van der Waals surface area contributed by atoms with Crippen LogP contribution in [0.4, 0.5) is 5.69 Å². The third kappa shape index (κ3) is 3.70. The molecule has 0 spiro atoms. The number of nitrogens with zero attached hydrogens (tertiary/aromatic N) is 1. The van der Waals surface area contributed by atoms with Gasteiger partial charge in [-0.3, -0.25) is 0 Å². The second-order valence-electron chi connectivity index (χ2n) is 4.63. The largest absolute Gasteiger partial charge is 0.478 e. The van der Waals surface area contributed by atoms with Crippen LogP contribution in [-0.4, -0.2) is 24.2 Å². The van der Waals surface area contributed by atoms with Gasteiger partial charge in [0.25, 0.3) is 0 Å². The van der Waals surface area contributed by atoms with Gasteiger partial charge in [0.05, 0.1) is 5.69 Å². The van der Waals surface area contributed by atoms with Crippen molar-refractivity contribution in [2.24, 2.45) is 0 Å². The van der Waals surface area contributed by atoms with Gasteiger partial charge in [-0.15, -0.1) is 0 Å².